The lowest BCUT2D eigenvalue weighted by atomic mass is 9.99. The van der Waals surface area contributed by atoms with Crippen LogP contribution in [0.2, 0.25) is 0 Å². The molecule has 3 aromatic rings. The van der Waals surface area contributed by atoms with Gasteiger partial charge in [-0.05, 0) is 48.4 Å². The molecule has 0 amide bonds. The van der Waals surface area contributed by atoms with Crippen LogP contribution in [0.1, 0.15) is 23.6 Å². The molecule has 0 saturated heterocycles. The smallest absolute Gasteiger partial charge is 0.178 e. The Morgan fingerprint density at radius 3 is 1.81 bits per heavy atom. The fourth-order valence-corrected chi connectivity index (χ4v) is 4.30. The Labute approximate surface area is 159 Å². The van der Waals surface area contributed by atoms with E-state index in [1.54, 1.807) is 0 Å². The second-order valence-corrected chi connectivity index (χ2v) is 8.44. The van der Waals surface area contributed by atoms with E-state index in [4.69, 9.17) is 0 Å². The lowest BCUT2D eigenvalue weighted by Gasteiger charge is -2.20. The first-order valence-corrected chi connectivity index (χ1v) is 10.5. The highest BCUT2D eigenvalue weighted by molar-refractivity contribution is 7.91. The van der Waals surface area contributed by atoms with E-state index in [2.05, 4.69) is 29.6 Å². The van der Waals surface area contributed by atoms with Crippen molar-refractivity contribution in [3.8, 4) is 0 Å². The molecule has 0 atom stereocenters. The average molecular weight is 383 g/mol. The maximum Gasteiger partial charge on any atom is 0.178 e. The van der Waals surface area contributed by atoms with E-state index in [0.717, 1.165) is 11.1 Å². The minimum atomic E-state index is -3.41. The largest absolute Gasteiger partial charge is 0.306 e. The lowest BCUT2D eigenvalue weighted by molar-refractivity contribution is 0.575. The molecule has 27 heavy (non-hydrogen) atoms. The zero-order chi connectivity index (χ0) is 19.1. The second-order valence-electron chi connectivity index (χ2n) is 6.33. The Hall–Kier alpha value is -2.50. The lowest BCUT2D eigenvalue weighted by Crippen LogP contribution is -2.25. The van der Waals surface area contributed by atoms with Crippen LogP contribution in [0.25, 0.3) is 0 Å². The summed E-state index contributed by atoms with van der Waals surface area (Å²) in [5.41, 5.74) is 2.26. The van der Waals surface area contributed by atoms with Gasteiger partial charge in [0.2, 0.25) is 0 Å². The molecule has 0 spiro atoms. The minimum absolute atomic E-state index is 0.000857. The van der Waals surface area contributed by atoms with Gasteiger partial charge in [-0.2, -0.15) is 0 Å². The molecule has 5 heteroatoms. The molecule has 0 unspecified atom stereocenters. The van der Waals surface area contributed by atoms with Crippen LogP contribution in [0.4, 0.5) is 4.39 Å². The third-order valence-electron chi connectivity index (χ3n) is 4.38. The van der Waals surface area contributed by atoms with Gasteiger partial charge >= 0.3 is 0 Å². The Morgan fingerprint density at radius 2 is 1.30 bits per heavy atom. The molecular weight excluding hydrogens is 361 g/mol. The van der Waals surface area contributed by atoms with Crippen LogP contribution in [-0.2, 0) is 9.84 Å². The van der Waals surface area contributed by atoms with Crippen LogP contribution in [0.3, 0.4) is 0 Å². The summed E-state index contributed by atoms with van der Waals surface area (Å²) in [6.45, 7) is 0.550. The number of hydrogen-bond donors (Lipinski definition) is 1. The van der Waals surface area contributed by atoms with Crippen molar-refractivity contribution in [3.05, 3.63) is 102 Å². The molecule has 0 saturated carbocycles. The molecule has 3 nitrogen and oxygen atoms in total. The molecule has 0 radical (unpaired) electrons. The average Bonchev–Trinajstić information content (AvgIpc) is 2.69. The van der Waals surface area contributed by atoms with Crippen LogP contribution in [0, 0.1) is 5.82 Å². The van der Waals surface area contributed by atoms with Crippen molar-refractivity contribution < 1.29 is 12.8 Å². The summed E-state index contributed by atoms with van der Waals surface area (Å²) < 4.78 is 37.7. The highest BCUT2D eigenvalue weighted by Gasteiger charge is 2.16. The van der Waals surface area contributed by atoms with Gasteiger partial charge in [0.05, 0.1) is 16.7 Å². The van der Waals surface area contributed by atoms with E-state index in [0.29, 0.717) is 13.0 Å². The first kappa shape index (κ1) is 19.3. The van der Waals surface area contributed by atoms with Gasteiger partial charge < -0.3 is 5.32 Å². The molecule has 0 aliphatic rings. The summed E-state index contributed by atoms with van der Waals surface area (Å²) in [6.07, 6.45) is 0.468. The summed E-state index contributed by atoms with van der Waals surface area (Å²) in [6, 6.07) is 25.1. The molecule has 1 N–H and O–H groups in total. The Kier molecular flexibility index (Phi) is 6.37. The van der Waals surface area contributed by atoms with Crippen molar-refractivity contribution in [3.63, 3.8) is 0 Å². The van der Waals surface area contributed by atoms with E-state index in [-0.39, 0.29) is 16.7 Å². The van der Waals surface area contributed by atoms with Crippen molar-refractivity contribution in [2.75, 3.05) is 12.3 Å². The van der Waals surface area contributed by atoms with Crippen molar-refractivity contribution in [1.29, 1.82) is 0 Å². The Bertz CT molecular complexity index is 903. The third-order valence-corrected chi connectivity index (χ3v) is 6.19. The van der Waals surface area contributed by atoms with E-state index in [1.165, 1.54) is 24.3 Å². The molecule has 0 aliphatic heterocycles. The molecule has 140 valence electrons. The SMILES string of the molecule is O=S(=O)(CCCNC(c1ccccc1)c1ccccc1)c1ccc(F)cc1. The maximum atomic E-state index is 13.0. The molecule has 0 aliphatic carbocycles. The van der Waals surface area contributed by atoms with Crippen LogP contribution in [-0.4, -0.2) is 20.7 Å². The van der Waals surface area contributed by atoms with Gasteiger partial charge in [0.15, 0.2) is 9.84 Å². The quantitative estimate of drug-likeness (QED) is 0.464. The topological polar surface area (TPSA) is 46.2 Å². The van der Waals surface area contributed by atoms with E-state index >= 15 is 0 Å². The number of nitrogens with one attached hydrogen (secondary N) is 1. The molecule has 0 heterocycles. The predicted molar refractivity (Wildman–Crippen MR) is 106 cm³/mol. The van der Waals surface area contributed by atoms with Crippen molar-refractivity contribution in [1.82, 2.24) is 5.32 Å². The first-order valence-electron chi connectivity index (χ1n) is 8.88. The fraction of sp³-hybridized carbons (Fsp3) is 0.182. The summed E-state index contributed by atoms with van der Waals surface area (Å²) >= 11 is 0. The first-order chi connectivity index (χ1) is 13.1. The maximum absolute atomic E-state index is 13.0. The monoisotopic (exact) mass is 383 g/mol. The zero-order valence-corrected chi connectivity index (χ0v) is 15.7. The zero-order valence-electron chi connectivity index (χ0n) is 14.9. The van der Waals surface area contributed by atoms with Gasteiger partial charge in [-0.1, -0.05) is 60.7 Å². The second kappa shape index (κ2) is 8.93. The summed E-state index contributed by atoms with van der Waals surface area (Å²) in [7, 11) is -3.41. The fourth-order valence-electron chi connectivity index (χ4n) is 2.99. The number of halogens is 1. The van der Waals surface area contributed by atoms with E-state index in [1.807, 2.05) is 36.4 Å². The number of rotatable bonds is 8. The van der Waals surface area contributed by atoms with Crippen molar-refractivity contribution in [2.24, 2.45) is 0 Å². The number of benzene rings is 3. The van der Waals surface area contributed by atoms with Crippen LogP contribution in [0.5, 0.6) is 0 Å². The predicted octanol–water partition coefficient (Wildman–Crippen LogP) is 4.37. The summed E-state index contributed by atoms with van der Waals surface area (Å²) in [4.78, 5) is 0.159. The van der Waals surface area contributed by atoms with Crippen LogP contribution >= 0.6 is 0 Å². The summed E-state index contributed by atoms with van der Waals surface area (Å²) in [5.74, 6) is -0.425. The molecule has 0 fully saturated rings. The molecule has 3 aromatic carbocycles. The van der Waals surface area contributed by atoms with Gasteiger partial charge in [0.1, 0.15) is 5.82 Å². The van der Waals surface area contributed by atoms with Crippen LogP contribution in [0.15, 0.2) is 89.8 Å². The molecule has 0 bridgehead atoms. The standard InChI is InChI=1S/C22H22FNO2S/c23-20-12-14-21(15-13-20)27(25,26)17-7-16-24-22(18-8-3-1-4-9-18)19-10-5-2-6-11-19/h1-6,8-15,22,24H,7,16-17H2. The van der Waals surface area contributed by atoms with E-state index < -0.39 is 15.7 Å². The molecule has 3 rings (SSSR count). The Morgan fingerprint density at radius 1 is 0.778 bits per heavy atom. The highest BCUT2D eigenvalue weighted by atomic mass is 32.2. The minimum Gasteiger partial charge on any atom is -0.306 e. The number of hydrogen-bond acceptors (Lipinski definition) is 3. The van der Waals surface area contributed by atoms with Crippen molar-refractivity contribution >= 4 is 9.84 Å². The molecule has 0 aromatic heterocycles. The highest BCUT2D eigenvalue weighted by Crippen LogP contribution is 2.21. The van der Waals surface area contributed by atoms with Gasteiger partial charge in [0.25, 0.3) is 0 Å². The molecular formula is C22H22FNO2S. The van der Waals surface area contributed by atoms with Gasteiger partial charge in [-0.3, -0.25) is 0 Å². The van der Waals surface area contributed by atoms with Gasteiger partial charge in [-0.25, -0.2) is 12.8 Å². The van der Waals surface area contributed by atoms with Crippen molar-refractivity contribution in [2.45, 2.75) is 17.4 Å². The van der Waals surface area contributed by atoms with Crippen LogP contribution < -0.4 is 5.32 Å². The van der Waals surface area contributed by atoms with E-state index in [9.17, 15) is 12.8 Å². The summed E-state index contributed by atoms with van der Waals surface area (Å²) in [5, 5.41) is 3.46. The van der Waals surface area contributed by atoms with Gasteiger partial charge in [-0.15, -0.1) is 0 Å². The Balaban J connectivity index is 1.64. The third kappa shape index (κ3) is 5.25. The number of sulfone groups is 1. The van der Waals surface area contributed by atoms with Gasteiger partial charge in [0, 0.05) is 0 Å². The normalized spacial score (nSPS) is 11.6.